The highest BCUT2D eigenvalue weighted by Crippen LogP contribution is 2.35. The minimum Gasteiger partial charge on any atom is -0.504 e. The predicted octanol–water partition coefficient (Wildman–Crippen LogP) is 1.68. The van der Waals surface area contributed by atoms with Crippen LogP contribution >= 0.6 is 0 Å². The molecule has 18 heavy (non-hydrogen) atoms. The van der Waals surface area contributed by atoms with E-state index >= 15 is 0 Å². The molecule has 0 aliphatic heterocycles. The van der Waals surface area contributed by atoms with Crippen LogP contribution in [0.2, 0.25) is 0 Å². The highest BCUT2D eigenvalue weighted by molar-refractivity contribution is 5.97. The van der Waals surface area contributed by atoms with Gasteiger partial charge in [0.05, 0.1) is 5.56 Å². The lowest BCUT2D eigenvalue weighted by molar-refractivity contribution is -0.138. The molecular weight excluding hydrogens is 240 g/mol. The van der Waals surface area contributed by atoms with E-state index in [4.69, 9.17) is 5.11 Å². The molecule has 0 unspecified atom stereocenters. The molecule has 1 aromatic rings. The van der Waals surface area contributed by atoms with E-state index in [9.17, 15) is 19.8 Å². The van der Waals surface area contributed by atoms with Crippen molar-refractivity contribution in [1.29, 1.82) is 0 Å². The molecule has 0 saturated heterocycles. The minimum absolute atomic E-state index is 0.123. The molecule has 3 N–H and O–H groups in total. The zero-order valence-electron chi connectivity index (χ0n) is 9.84. The summed E-state index contributed by atoms with van der Waals surface area (Å²) in [7, 11) is 0. The number of esters is 2. The van der Waals surface area contributed by atoms with Gasteiger partial charge in [-0.2, -0.15) is 0 Å². The van der Waals surface area contributed by atoms with Crippen LogP contribution in [-0.2, 0) is 9.53 Å². The monoisotopic (exact) mass is 254 g/mol. The molecular formula is C12H14O6. The maximum absolute atomic E-state index is 11.5. The number of aromatic hydroxyl groups is 3. The average molecular weight is 254 g/mol. The molecule has 0 heterocycles. The molecule has 0 aromatic heterocycles. The van der Waals surface area contributed by atoms with Crippen LogP contribution < -0.4 is 0 Å². The lowest BCUT2D eigenvalue weighted by Gasteiger charge is -2.05. The lowest BCUT2D eigenvalue weighted by Crippen LogP contribution is -2.12. The Kier molecular flexibility index (Phi) is 4.53. The largest absolute Gasteiger partial charge is 0.504 e. The van der Waals surface area contributed by atoms with Crippen molar-refractivity contribution in [1.82, 2.24) is 0 Å². The Morgan fingerprint density at radius 1 is 1.17 bits per heavy atom. The molecule has 0 amide bonds. The predicted molar refractivity (Wildman–Crippen MR) is 61.4 cm³/mol. The fraction of sp³-hybridized carbons (Fsp3) is 0.333. The number of carbonyl (C=O) groups excluding carboxylic acids is 2. The summed E-state index contributed by atoms with van der Waals surface area (Å²) < 4.78 is 4.51. The Labute approximate surface area is 103 Å². The number of carbonyl (C=O) groups is 2. The van der Waals surface area contributed by atoms with E-state index in [-0.39, 0.29) is 12.0 Å². The molecule has 1 rings (SSSR count). The van der Waals surface area contributed by atoms with Gasteiger partial charge in [0.1, 0.15) is 0 Å². The zero-order valence-corrected chi connectivity index (χ0v) is 9.84. The van der Waals surface area contributed by atoms with E-state index in [0.29, 0.717) is 6.42 Å². The Bertz CT molecular complexity index is 443. The van der Waals surface area contributed by atoms with Gasteiger partial charge in [0.2, 0.25) is 0 Å². The third-order valence-corrected chi connectivity index (χ3v) is 2.25. The maximum Gasteiger partial charge on any atom is 0.346 e. The quantitative estimate of drug-likeness (QED) is 0.429. The molecule has 0 atom stereocenters. The molecule has 0 fully saturated rings. The summed E-state index contributed by atoms with van der Waals surface area (Å²) in [6, 6.07) is 1.81. The van der Waals surface area contributed by atoms with Crippen LogP contribution in [0, 0.1) is 0 Å². The van der Waals surface area contributed by atoms with Gasteiger partial charge in [0.25, 0.3) is 0 Å². The summed E-state index contributed by atoms with van der Waals surface area (Å²) in [4.78, 5) is 22.7. The third kappa shape index (κ3) is 3.38. The van der Waals surface area contributed by atoms with Gasteiger partial charge < -0.3 is 20.1 Å². The van der Waals surface area contributed by atoms with E-state index in [1.54, 1.807) is 0 Å². The summed E-state index contributed by atoms with van der Waals surface area (Å²) in [5.41, 5.74) is -0.215. The zero-order chi connectivity index (χ0) is 13.7. The van der Waals surface area contributed by atoms with Crippen LogP contribution in [0.5, 0.6) is 17.2 Å². The van der Waals surface area contributed by atoms with Crippen molar-refractivity contribution < 1.29 is 29.6 Å². The summed E-state index contributed by atoms with van der Waals surface area (Å²) in [6.45, 7) is 1.89. The van der Waals surface area contributed by atoms with Gasteiger partial charge in [0, 0.05) is 6.42 Å². The summed E-state index contributed by atoms with van der Waals surface area (Å²) in [5.74, 6) is -3.72. The number of unbranched alkanes of at least 4 members (excludes halogenated alkanes) is 1. The second-order valence-electron chi connectivity index (χ2n) is 3.73. The molecule has 0 aliphatic carbocycles. The third-order valence-electron chi connectivity index (χ3n) is 2.25. The topological polar surface area (TPSA) is 104 Å². The second kappa shape index (κ2) is 5.90. The van der Waals surface area contributed by atoms with Crippen molar-refractivity contribution >= 4 is 11.9 Å². The van der Waals surface area contributed by atoms with Crippen molar-refractivity contribution in [2.75, 3.05) is 0 Å². The molecule has 0 saturated carbocycles. The minimum atomic E-state index is -0.985. The first-order valence-electron chi connectivity index (χ1n) is 5.45. The Morgan fingerprint density at radius 2 is 1.72 bits per heavy atom. The van der Waals surface area contributed by atoms with Gasteiger partial charge in [0.15, 0.2) is 17.2 Å². The summed E-state index contributed by atoms with van der Waals surface area (Å²) in [6.07, 6.45) is 1.53. The maximum atomic E-state index is 11.5. The summed E-state index contributed by atoms with van der Waals surface area (Å²) in [5, 5.41) is 27.5. The Balaban J connectivity index is 2.76. The standard InChI is InChI=1S/C12H14O6/c1-2-3-4-10(15)18-12(17)7-5-8(13)11(16)9(14)6-7/h5-6,13-14,16H,2-4H2,1H3. The number of hydrogen-bond donors (Lipinski definition) is 3. The molecule has 1 aromatic carbocycles. The van der Waals surface area contributed by atoms with Crippen LogP contribution in [0.15, 0.2) is 12.1 Å². The number of phenols is 3. The van der Waals surface area contributed by atoms with Crippen molar-refractivity contribution in [3.63, 3.8) is 0 Å². The first-order valence-corrected chi connectivity index (χ1v) is 5.45. The smallest absolute Gasteiger partial charge is 0.346 e. The molecule has 0 radical (unpaired) electrons. The van der Waals surface area contributed by atoms with Crippen LogP contribution in [0.4, 0.5) is 0 Å². The Hall–Kier alpha value is -2.24. The van der Waals surface area contributed by atoms with E-state index in [1.165, 1.54) is 0 Å². The van der Waals surface area contributed by atoms with E-state index in [1.807, 2.05) is 6.92 Å². The molecule has 0 spiro atoms. The van der Waals surface area contributed by atoms with Crippen LogP contribution in [-0.4, -0.2) is 27.3 Å². The van der Waals surface area contributed by atoms with Crippen molar-refractivity contribution in [3.8, 4) is 17.2 Å². The van der Waals surface area contributed by atoms with Crippen molar-refractivity contribution in [3.05, 3.63) is 17.7 Å². The van der Waals surface area contributed by atoms with E-state index < -0.39 is 29.2 Å². The van der Waals surface area contributed by atoms with Gasteiger partial charge in [-0.25, -0.2) is 4.79 Å². The van der Waals surface area contributed by atoms with E-state index in [0.717, 1.165) is 18.6 Å². The number of ether oxygens (including phenoxy) is 1. The van der Waals surface area contributed by atoms with Crippen molar-refractivity contribution in [2.24, 2.45) is 0 Å². The molecule has 98 valence electrons. The SMILES string of the molecule is CCCCC(=O)OC(=O)c1cc(O)c(O)c(O)c1. The fourth-order valence-electron chi connectivity index (χ4n) is 1.26. The van der Waals surface area contributed by atoms with Crippen LogP contribution in [0.1, 0.15) is 36.5 Å². The molecule has 6 nitrogen and oxygen atoms in total. The van der Waals surface area contributed by atoms with Gasteiger partial charge >= 0.3 is 11.9 Å². The number of rotatable bonds is 4. The van der Waals surface area contributed by atoms with Gasteiger partial charge in [-0.3, -0.25) is 4.79 Å². The van der Waals surface area contributed by atoms with Crippen LogP contribution in [0.25, 0.3) is 0 Å². The Morgan fingerprint density at radius 3 is 2.22 bits per heavy atom. The number of phenolic OH excluding ortho intramolecular Hbond substituents is 3. The van der Waals surface area contributed by atoms with E-state index in [2.05, 4.69) is 4.74 Å². The average Bonchev–Trinajstić information content (AvgIpc) is 2.32. The molecule has 0 bridgehead atoms. The van der Waals surface area contributed by atoms with Gasteiger partial charge in [-0.15, -0.1) is 0 Å². The van der Waals surface area contributed by atoms with Crippen molar-refractivity contribution in [2.45, 2.75) is 26.2 Å². The highest BCUT2D eigenvalue weighted by atomic mass is 16.6. The van der Waals surface area contributed by atoms with Gasteiger partial charge in [-0.05, 0) is 18.6 Å². The molecule has 6 heteroatoms. The normalized spacial score (nSPS) is 10.1. The number of benzene rings is 1. The summed E-state index contributed by atoms with van der Waals surface area (Å²) >= 11 is 0. The first kappa shape index (κ1) is 13.8. The molecule has 0 aliphatic rings. The van der Waals surface area contributed by atoms with Gasteiger partial charge in [-0.1, -0.05) is 13.3 Å². The first-order chi connectivity index (χ1) is 8.45. The second-order valence-corrected chi connectivity index (χ2v) is 3.73. The van der Waals surface area contributed by atoms with Crippen LogP contribution in [0.3, 0.4) is 0 Å². The number of hydrogen-bond acceptors (Lipinski definition) is 6. The lowest BCUT2D eigenvalue weighted by atomic mass is 10.2. The highest BCUT2D eigenvalue weighted by Gasteiger charge is 2.17. The fourth-order valence-corrected chi connectivity index (χ4v) is 1.26.